The third-order valence-electron chi connectivity index (χ3n) is 3.96. The van der Waals surface area contributed by atoms with Crippen LogP contribution in [0.1, 0.15) is 24.0 Å². The highest BCUT2D eigenvalue weighted by molar-refractivity contribution is 5.79. The van der Waals surface area contributed by atoms with Gasteiger partial charge in [0.15, 0.2) is 0 Å². The molecule has 2 aromatic carbocycles. The van der Waals surface area contributed by atoms with E-state index in [1.165, 1.54) is 22.3 Å². The van der Waals surface area contributed by atoms with E-state index in [1.54, 1.807) is 6.92 Å². The number of aliphatic carboxylic acids is 1. The van der Waals surface area contributed by atoms with Gasteiger partial charge in [0, 0.05) is 19.6 Å². The Morgan fingerprint density at radius 1 is 1.04 bits per heavy atom. The molecule has 0 aliphatic heterocycles. The number of benzene rings is 2. The molecule has 5 heteroatoms. The topological polar surface area (TPSA) is 86.6 Å². The van der Waals surface area contributed by atoms with E-state index in [2.05, 4.69) is 29.6 Å². The summed E-state index contributed by atoms with van der Waals surface area (Å²) < 4.78 is 0. The Bertz CT molecular complexity index is 626. The Morgan fingerprint density at radius 2 is 1.46 bits per heavy atom. The average molecular weight is 329 g/mol. The fourth-order valence-electron chi connectivity index (χ4n) is 2.86. The summed E-state index contributed by atoms with van der Waals surface area (Å²) in [6.45, 7) is 4.32. The molecule has 1 aliphatic carbocycles. The van der Waals surface area contributed by atoms with Crippen LogP contribution in [0.4, 0.5) is 0 Å². The largest absolute Gasteiger partial charge is 0.480 e. The zero-order chi connectivity index (χ0) is 18.1. The normalized spacial score (nSPS) is 12.6. The molecule has 1 atom stereocenters. The summed E-state index contributed by atoms with van der Waals surface area (Å²) in [5, 5.41) is 19.1. The molecule has 0 bridgehead atoms. The summed E-state index contributed by atoms with van der Waals surface area (Å²) >= 11 is 0. The van der Waals surface area contributed by atoms with Gasteiger partial charge in [-0.25, -0.2) is 0 Å². The van der Waals surface area contributed by atoms with Crippen molar-refractivity contribution in [2.24, 2.45) is 0 Å². The molecular weight excluding hydrogens is 306 g/mol. The number of carbonyl (C=O) groups is 2. The molecule has 0 heterocycles. The number of carboxylic acids is 1. The van der Waals surface area contributed by atoms with E-state index in [9.17, 15) is 4.79 Å². The van der Waals surface area contributed by atoms with E-state index in [0.717, 1.165) is 7.11 Å². The maximum absolute atomic E-state index is 10.9. The molecule has 2 aromatic rings. The zero-order valence-corrected chi connectivity index (χ0v) is 13.9. The molecular formula is C19H23NO4. The molecule has 0 saturated carbocycles. The number of fused-ring (bicyclic) bond motifs is 3. The predicted octanol–water partition coefficient (Wildman–Crippen LogP) is 2.29. The van der Waals surface area contributed by atoms with Crippen molar-refractivity contribution >= 4 is 12.8 Å². The number of nitrogens with one attached hydrogen (secondary N) is 1. The van der Waals surface area contributed by atoms with Crippen molar-refractivity contribution in [3.8, 4) is 11.1 Å². The van der Waals surface area contributed by atoms with Crippen LogP contribution in [-0.2, 0) is 9.59 Å². The molecule has 3 N–H and O–H groups in total. The van der Waals surface area contributed by atoms with E-state index < -0.39 is 12.0 Å². The lowest BCUT2D eigenvalue weighted by molar-refractivity contribution is -0.139. The average Bonchev–Trinajstić information content (AvgIpc) is 2.97. The number of aliphatic hydroxyl groups is 1. The van der Waals surface area contributed by atoms with Crippen LogP contribution in [0.5, 0.6) is 0 Å². The Kier molecular flexibility index (Phi) is 7.82. The van der Waals surface area contributed by atoms with E-state index in [0.29, 0.717) is 6.54 Å². The first-order valence-electron chi connectivity index (χ1n) is 7.56. The smallest absolute Gasteiger partial charge is 0.320 e. The van der Waals surface area contributed by atoms with Crippen molar-refractivity contribution in [1.82, 2.24) is 5.32 Å². The molecule has 3 rings (SSSR count). The van der Waals surface area contributed by atoms with Gasteiger partial charge in [0.1, 0.15) is 12.8 Å². The molecule has 128 valence electrons. The number of carboxylic acid groups (broad SMARTS) is 1. The Labute approximate surface area is 142 Å². The van der Waals surface area contributed by atoms with Crippen molar-refractivity contribution < 1.29 is 19.8 Å². The lowest BCUT2D eigenvalue weighted by atomic mass is 9.97. The molecule has 24 heavy (non-hydrogen) atoms. The highest BCUT2D eigenvalue weighted by Gasteiger charge is 2.28. The maximum Gasteiger partial charge on any atom is 0.320 e. The van der Waals surface area contributed by atoms with Crippen molar-refractivity contribution in [1.29, 1.82) is 0 Å². The summed E-state index contributed by atoms with van der Waals surface area (Å²) in [6, 6.07) is 16.2. The first kappa shape index (κ1) is 19.5. The van der Waals surface area contributed by atoms with Gasteiger partial charge in [-0.15, -0.1) is 0 Å². The van der Waals surface area contributed by atoms with E-state index >= 15 is 0 Å². The molecule has 1 unspecified atom stereocenters. The van der Waals surface area contributed by atoms with E-state index in [4.69, 9.17) is 15.0 Å². The Hall–Kier alpha value is -2.50. The third-order valence-corrected chi connectivity index (χ3v) is 3.96. The van der Waals surface area contributed by atoms with Gasteiger partial charge < -0.3 is 20.3 Å². The summed E-state index contributed by atoms with van der Waals surface area (Å²) in [5.74, 6) is -0.589. The molecule has 0 spiro atoms. The molecule has 0 radical (unpaired) electrons. The molecule has 1 aliphatic rings. The molecule has 0 saturated heterocycles. The summed E-state index contributed by atoms with van der Waals surface area (Å²) in [4.78, 5) is 18.9. The molecule has 0 aromatic heterocycles. The van der Waals surface area contributed by atoms with Crippen molar-refractivity contribution in [3.05, 3.63) is 59.7 Å². The van der Waals surface area contributed by atoms with Crippen LogP contribution in [0.15, 0.2) is 48.5 Å². The standard InChI is InChI=1S/C17H17NO2.CH4O.CH2O/c1-11(17(19)20)18-10-16-14-8-4-2-6-12(14)13-7-3-5-9-15(13)16;2*1-2/h2-9,11,16,18H,10H2,1H3,(H,19,20);2H,1H3;1H2. The zero-order valence-electron chi connectivity index (χ0n) is 13.9. The van der Waals surface area contributed by atoms with E-state index in [1.807, 2.05) is 31.1 Å². The number of hydrogen-bond donors (Lipinski definition) is 3. The van der Waals surface area contributed by atoms with E-state index in [-0.39, 0.29) is 5.92 Å². The highest BCUT2D eigenvalue weighted by Crippen LogP contribution is 2.44. The quantitative estimate of drug-likeness (QED) is 0.801. The second-order valence-corrected chi connectivity index (χ2v) is 5.20. The van der Waals surface area contributed by atoms with Gasteiger partial charge in [0.05, 0.1) is 0 Å². The van der Waals surface area contributed by atoms with Crippen molar-refractivity contribution in [2.45, 2.75) is 18.9 Å². The van der Waals surface area contributed by atoms with Gasteiger partial charge in [-0.3, -0.25) is 4.79 Å². The SMILES string of the molecule is C=O.CC(NCC1c2ccccc2-c2ccccc21)C(=O)O.CO. The fraction of sp³-hybridized carbons (Fsp3) is 0.263. The van der Waals surface area contributed by atoms with Crippen LogP contribution >= 0.6 is 0 Å². The van der Waals surface area contributed by atoms with Crippen molar-refractivity contribution in [2.75, 3.05) is 13.7 Å². The monoisotopic (exact) mass is 329 g/mol. The summed E-state index contributed by atoms with van der Waals surface area (Å²) in [5.41, 5.74) is 5.08. The molecule has 0 amide bonds. The second kappa shape index (κ2) is 9.60. The summed E-state index contributed by atoms with van der Waals surface area (Å²) in [6.07, 6.45) is 0. The highest BCUT2D eigenvalue weighted by atomic mass is 16.4. The van der Waals surface area contributed by atoms with Gasteiger partial charge in [-0.1, -0.05) is 48.5 Å². The Balaban J connectivity index is 0.000000671. The first-order valence-corrected chi connectivity index (χ1v) is 7.56. The lowest BCUT2D eigenvalue weighted by Gasteiger charge is -2.16. The number of aliphatic hydroxyl groups excluding tert-OH is 1. The summed E-state index contributed by atoms with van der Waals surface area (Å²) in [7, 11) is 1.00. The molecule has 0 fully saturated rings. The predicted molar refractivity (Wildman–Crippen MR) is 94.1 cm³/mol. The van der Waals surface area contributed by atoms with Gasteiger partial charge in [-0.05, 0) is 29.2 Å². The minimum Gasteiger partial charge on any atom is -0.480 e. The van der Waals surface area contributed by atoms with Crippen LogP contribution in [-0.4, -0.2) is 42.7 Å². The van der Waals surface area contributed by atoms with Gasteiger partial charge in [-0.2, -0.15) is 0 Å². The van der Waals surface area contributed by atoms with Crippen LogP contribution in [0.2, 0.25) is 0 Å². The minimum absolute atomic E-state index is 0.226. The maximum atomic E-state index is 10.9. The number of rotatable bonds is 4. The van der Waals surface area contributed by atoms with Crippen LogP contribution < -0.4 is 5.32 Å². The minimum atomic E-state index is -0.815. The van der Waals surface area contributed by atoms with Crippen LogP contribution in [0.3, 0.4) is 0 Å². The van der Waals surface area contributed by atoms with Crippen LogP contribution in [0.25, 0.3) is 11.1 Å². The lowest BCUT2D eigenvalue weighted by Crippen LogP contribution is -2.36. The number of carbonyl (C=O) groups excluding carboxylic acids is 1. The Morgan fingerprint density at radius 3 is 1.88 bits per heavy atom. The van der Waals surface area contributed by atoms with Gasteiger partial charge in [0.25, 0.3) is 0 Å². The second-order valence-electron chi connectivity index (χ2n) is 5.20. The first-order chi connectivity index (χ1) is 11.7. The molecule has 5 nitrogen and oxygen atoms in total. The van der Waals surface area contributed by atoms with Crippen molar-refractivity contribution in [3.63, 3.8) is 0 Å². The third kappa shape index (κ3) is 4.07. The van der Waals surface area contributed by atoms with Crippen LogP contribution in [0, 0.1) is 0 Å². The fourth-order valence-corrected chi connectivity index (χ4v) is 2.86. The number of hydrogen-bond acceptors (Lipinski definition) is 4. The van der Waals surface area contributed by atoms with Gasteiger partial charge >= 0.3 is 5.97 Å². The van der Waals surface area contributed by atoms with Gasteiger partial charge in [0.2, 0.25) is 0 Å².